The molecule has 3 amide bonds. The zero-order chi connectivity index (χ0) is 22.2. The Morgan fingerprint density at radius 3 is 2.26 bits per heavy atom. The summed E-state index contributed by atoms with van der Waals surface area (Å²) >= 11 is 0. The van der Waals surface area contributed by atoms with E-state index in [9.17, 15) is 19.2 Å². The van der Waals surface area contributed by atoms with Crippen LogP contribution in [0.1, 0.15) is 52.4 Å². The van der Waals surface area contributed by atoms with Crippen LogP contribution in [0, 0.1) is 23.2 Å². The molecular weight excluding hydrogens is 402 g/mol. The number of amides is 3. The van der Waals surface area contributed by atoms with Gasteiger partial charge in [0.05, 0.1) is 23.9 Å². The lowest BCUT2D eigenvalue weighted by Gasteiger charge is -2.55. The summed E-state index contributed by atoms with van der Waals surface area (Å²) in [5.41, 5.74) is 0.0786. The highest BCUT2D eigenvalue weighted by atomic mass is 16.5. The molecule has 1 aliphatic heterocycles. The molecule has 1 heterocycles. The maximum absolute atomic E-state index is 13.0. The molecule has 9 nitrogen and oxygen atoms in total. The molecule has 4 bridgehead atoms. The average Bonchev–Trinajstić information content (AvgIpc) is 2.69. The number of urea groups is 1. The Morgan fingerprint density at radius 1 is 1.06 bits per heavy atom. The van der Waals surface area contributed by atoms with Crippen LogP contribution >= 0.6 is 0 Å². The highest BCUT2D eigenvalue weighted by Gasteiger charge is 2.54. The first kappa shape index (κ1) is 21.6. The van der Waals surface area contributed by atoms with Crippen molar-refractivity contribution < 1.29 is 28.7 Å². The zero-order valence-corrected chi connectivity index (χ0v) is 18.1. The lowest BCUT2D eigenvalue weighted by atomic mass is 9.49. The third kappa shape index (κ3) is 4.41. The van der Waals surface area contributed by atoms with E-state index < -0.39 is 24.0 Å². The standard InChI is InChI=1S/C22H31N3O6/c1-3-30-19(27)18-12(2)24-21(29)25-16(18)11-31-17(26)10-23-20(28)22-7-13-4-14(8-22)6-15(5-13)9-22/h12-15H,3-11H2,1-2H3,(H,23,28)(H2,24,25,29)/t12-,13?,14?,15?,22?/m0/s1. The molecular formula is C22H31N3O6. The molecule has 0 unspecified atom stereocenters. The number of nitrogens with one attached hydrogen (secondary N) is 3. The summed E-state index contributed by atoms with van der Waals surface area (Å²) in [6, 6.07) is -1.06. The molecule has 1 atom stereocenters. The molecule has 4 saturated carbocycles. The van der Waals surface area contributed by atoms with Gasteiger partial charge in [-0.05, 0) is 70.1 Å². The van der Waals surface area contributed by atoms with Crippen molar-refractivity contribution in [2.24, 2.45) is 23.2 Å². The molecule has 5 rings (SSSR count). The van der Waals surface area contributed by atoms with Gasteiger partial charge in [-0.3, -0.25) is 9.59 Å². The molecule has 9 heteroatoms. The van der Waals surface area contributed by atoms with Gasteiger partial charge >= 0.3 is 18.0 Å². The lowest BCUT2D eigenvalue weighted by molar-refractivity contribution is -0.150. The van der Waals surface area contributed by atoms with Crippen molar-refractivity contribution in [3.8, 4) is 0 Å². The summed E-state index contributed by atoms with van der Waals surface area (Å²) in [5.74, 6) is 0.685. The highest BCUT2D eigenvalue weighted by molar-refractivity contribution is 5.94. The minimum absolute atomic E-state index is 0.0428. The maximum Gasteiger partial charge on any atom is 0.338 e. The Labute approximate surface area is 181 Å². The second-order valence-electron chi connectivity index (χ2n) is 9.47. The van der Waals surface area contributed by atoms with E-state index in [1.54, 1.807) is 13.8 Å². The minimum Gasteiger partial charge on any atom is -0.463 e. The van der Waals surface area contributed by atoms with Crippen molar-refractivity contribution in [1.29, 1.82) is 0 Å². The number of carbonyl (C=O) groups is 4. The minimum atomic E-state index is -0.616. The van der Waals surface area contributed by atoms with Gasteiger partial charge < -0.3 is 25.4 Å². The number of carbonyl (C=O) groups excluding carboxylic acids is 4. The molecule has 0 radical (unpaired) electrons. The van der Waals surface area contributed by atoms with Crippen LogP contribution in [-0.4, -0.2) is 49.7 Å². The number of rotatable bonds is 7. The third-order valence-electron chi connectivity index (χ3n) is 7.16. The first-order valence-electron chi connectivity index (χ1n) is 11.2. The number of hydrogen-bond acceptors (Lipinski definition) is 6. The van der Waals surface area contributed by atoms with Crippen molar-refractivity contribution in [2.75, 3.05) is 19.8 Å². The van der Waals surface area contributed by atoms with Crippen LogP contribution in [0.15, 0.2) is 11.3 Å². The number of ether oxygens (including phenoxy) is 2. The summed E-state index contributed by atoms with van der Waals surface area (Å²) in [6.07, 6.45) is 6.49. The largest absolute Gasteiger partial charge is 0.463 e. The summed E-state index contributed by atoms with van der Waals surface area (Å²) in [5, 5.41) is 7.87. The van der Waals surface area contributed by atoms with E-state index >= 15 is 0 Å². The van der Waals surface area contributed by atoms with E-state index in [-0.39, 0.29) is 42.4 Å². The fraction of sp³-hybridized carbons (Fsp3) is 0.727. The van der Waals surface area contributed by atoms with E-state index in [2.05, 4.69) is 16.0 Å². The SMILES string of the molecule is CCOC(=O)C1=C(COC(=O)CNC(=O)C23CC4CC(CC(C4)C2)C3)NC(=O)N[C@H]1C. The zero-order valence-electron chi connectivity index (χ0n) is 18.1. The van der Waals surface area contributed by atoms with Crippen LogP contribution in [0.2, 0.25) is 0 Å². The normalized spacial score (nSPS) is 33.4. The van der Waals surface area contributed by atoms with Crippen molar-refractivity contribution in [2.45, 2.75) is 58.4 Å². The van der Waals surface area contributed by atoms with E-state index in [1.807, 2.05) is 0 Å². The van der Waals surface area contributed by atoms with Gasteiger partial charge in [0, 0.05) is 5.41 Å². The Bertz CT molecular complexity index is 785. The second kappa shape index (κ2) is 8.51. The highest BCUT2D eigenvalue weighted by Crippen LogP contribution is 2.60. The molecule has 0 aromatic heterocycles. The number of esters is 2. The maximum atomic E-state index is 13.0. The quantitative estimate of drug-likeness (QED) is 0.522. The van der Waals surface area contributed by atoms with Crippen molar-refractivity contribution in [3.05, 3.63) is 11.3 Å². The monoisotopic (exact) mass is 433 g/mol. The average molecular weight is 434 g/mol. The van der Waals surface area contributed by atoms with E-state index in [0.717, 1.165) is 19.3 Å². The molecule has 4 fully saturated rings. The van der Waals surface area contributed by atoms with E-state index in [0.29, 0.717) is 17.8 Å². The molecule has 170 valence electrons. The van der Waals surface area contributed by atoms with Crippen LogP contribution in [-0.2, 0) is 23.9 Å². The smallest absolute Gasteiger partial charge is 0.338 e. The van der Waals surface area contributed by atoms with Crippen LogP contribution in [0.4, 0.5) is 4.79 Å². The molecule has 5 aliphatic rings. The Morgan fingerprint density at radius 2 is 1.68 bits per heavy atom. The van der Waals surface area contributed by atoms with Gasteiger partial charge in [-0.1, -0.05) is 0 Å². The Hall–Kier alpha value is -2.58. The molecule has 3 N–H and O–H groups in total. The topological polar surface area (TPSA) is 123 Å². The first-order chi connectivity index (χ1) is 14.8. The lowest BCUT2D eigenvalue weighted by Crippen LogP contribution is -2.54. The van der Waals surface area contributed by atoms with Gasteiger partial charge in [0.2, 0.25) is 5.91 Å². The van der Waals surface area contributed by atoms with E-state index in [4.69, 9.17) is 9.47 Å². The summed E-state index contributed by atoms with van der Waals surface area (Å²) < 4.78 is 10.3. The van der Waals surface area contributed by atoms with Crippen LogP contribution in [0.25, 0.3) is 0 Å². The van der Waals surface area contributed by atoms with Gasteiger partial charge in [-0.25, -0.2) is 9.59 Å². The molecule has 0 saturated heterocycles. The Balaban J connectivity index is 1.32. The van der Waals surface area contributed by atoms with Crippen molar-refractivity contribution in [3.63, 3.8) is 0 Å². The number of hydrogen-bond donors (Lipinski definition) is 3. The van der Waals surface area contributed by atoms with Crippen LogP contribution in [0.5, 0.6) is 0 Å². The van der Waals surface area contributed by atoms with Gasteiger partial charge in [0.25, 0.3) is 0 Å². The summed E-state index contributed by atoms with van der Waals surface area (Å²) in [7, 11) is 0. The molecule has 0 aromatic rings. The van der Waals surface area contributed by atoms with Crippen molar-refractivity contribution >= 4 is 23.9 Å². The van der Waals surface area contributed by atoms with Crippen LogP contribution < -0.4 is 16.0 Å². The second-order valence-corrected chi connectivity index (χ2v) is 9.47. The summed E-state index contributed by atoms with van der Waals surface area (Å²) in [4.78, 5) is 49.2. The first-order valence-corrected chi connectivity index (χ1v) is 11.2. The molecule has 0 spiro atoms. The van der Waals surface area contributed by atoms with Gasteiger partial charge in [-0.2, -0.15) is 0 Å². The summed E-state index contributed by atoms with van der Waals surface area (Å²) in [6.45, 7) is 3.01. The predicted octanol–water partition coefficient (Wildman–Crippen LogP) is 1.38. The molecule has 0 aromatic carbocycles. The van der Waals surface area contributed by atoms with Crippen LogP contribution in [0.3, 0.4) is 0 Å². The van der Waals surface area contributed by atoms with Gasteiger partial charge in [0.15, 0.2) is 0 Å². The Kier molecular flexibility index (Phi) is 5.94. The van der Waals surface area contributed by atoms with E-state index in [1.165, 1.54) is 19.3 Å². The molecule has 31 heavy (non-hydrogen) atoms. The van der Waals surface area contributed by atoms with Crippen molar-refractivity contribution in [1.82, 2.24) is 16.0 Å². The van der Waals surface area contributed by atoms with Gasteiger partial charge in [-0.15, -0.1) is 0 Å². The fourth-order valence-corrected chi connectivity index (χ4v) is 6.33. The molecule has 4 aliphatic carbocycles. The third-order valence-corrected chi connectivity index (χ3v) is 7.16. The predicted molar refractivity (Wildman–Crippen MR) is 109 cm³/mol. The fourth-order valence-electron chi connectivity index (χ4n) is 6.33. The van der Waals surface area contributed by atoms with Gasteiger partial charge in [0.1, 0.15) is 13.2 Å².